The predicted molar refractivity (Wildman–Crippen MR) is 145 cm³/mol. The summed E-state index contributed by atoms with van der Waals surface area (Å²) in [7, 11) is 0. The van der Waals surface area contributed by atoms with E-state index in [1.807, 2.05) is 0 Å². The topological polar surface area (TPSA) is 0 Å². The third-order valence-corrected chi connectivity index (χ3v) is 7.38. The molecule has 1 atom stereocenters. The molecule has 0 saturated carbocycles. The lowest BCUT2D eigenvalue weighted by Crippen LogP contribution is -2.00. The van der Waals surface area contributed by atoms with Gasteiger partial charge in [0.05, 0.1) is 0 Å². The molecule has 0 spiro atoms. The van der Waals surface area contributed by atoms with E-state index in [-0.39, 0.29) is 0 Å². The Labute approximate surface area is 200 Å². The quantitative estimate of drug-likeness (QED) is 0.112. The van der Waals surface area contributed by atoms with Crippen LogP contribution in [-0.4, -0.2) is 0 Å². The molecule has 0 bridgehead atoms. The molecule has 0 aromatic rings. The smallest absolute Gasteiger partial charge is 0.0414 e. The zero-order chi connectivity index (χ0) is 22.7. The Kier molecular flexibility index (Phi) is 28.0. The highest BCUT2D eigenvalue weighted by molar-refractivity contribution is 4.61. The van der Waals surface area contributed by atoms with Crippen LogP contribution in [0.2, 0.25) is 0 Å². The molecule has 0 aliphatic carbocycles. The van der Waals surface area contributed by atoms with Gasteiger partial charge in [0.15, 0.2) is 0 Å². The lowest BCUT2D eigenvalue weighted by Gasteiger charge is -2.16. The Balaban J connectivity index is 3.37. The Morgan fingerprint density at radius 3 is 0.774 bits per heavy atom. The molecule has 0 fully saturated rings. The summed E-state index contributed by atoms with van der Waals surface area (Å²) in [6.07, 6.45) is 39.8. The summed E-state index contributed by atoms with van der Waals surface area (Å²) in [4.78, 5) is 0. The van der Waals surface area contributed by atoms with E-state index in [9.17, 15) is 0 Å². The van der Waals surface area contributed by atoms with Gasteiger partial charge in [-0.2, -0.15) is 0 Å². The van der Waals surface area contributed by atoms with Crippen LogP contribution in [0.5, 0.6) is 0 Å². The number of hydrogen-bond acceptors (Lipinski definition) is 0. The van der Waals surface area contributed by atoms with Crippen molar-refractivity contribution in [2.24, 2.45) is 5.92 Å². The van der Waals surface area contributed by atoms with E-state index >= 15 is 0 Å². The van der Waals surface area contributed by atoms with Crippen molar-refractivity contribution >= 4 is 0 Å². The summed E-state index contributed by atoms with van der Waals surface area (Å²) in [5.41, 5.74) is 0. The summed E-state index contributed by atoms with van der Waals surface area (Å²) in [5.74, 6) is 1.03. The van der Waals surface area contributed by atoms with Gasteiger partial charge in [-0.1, -0.05) is 194 Å². The Bertz CT molecular complexity index is 294. The zero-order valence-electron chi connectivity index (χ0n) is 22.7. The van der Waals surface area contributed by atoms with Crippen LogP contribution in [0, 0.1) is 5.92 Å². The standard InChI is InChI=1S/C31H64/c1-4-7-9-11-13-15-16-17-18-19-21-23-25-27-30-31(28-6-3)29-26-24-22-20-14-12-10-8-5-2/h31H,4-30H2,1-3H3. The minimum atomic E-state index is 1.03. The van der Waals surface area contributed by atoms with E-state index in [0.717, 1.165) is 5.92 Å². The highest BCUT2D eigenvalue weighted by Gasteiger charge is 2.07. The highest BCUT2D eigenvalue weighted by atomic mass is 14.1. The third kappa shape index (κ3) is 26.1. The molecule has 31 heavy (non-hydrogen) atoms. The first-order chi connectivity index (χ1) is 15.3. The maximum absolute atomic E-state index is 2.38. The molecular weight excluding hydrogens is 372 g/mol. The van der Waals surface area contributed by atoms with Gasteiger partial charge in [0.25, 0.3) is 0 Å². The molecule has 0 aliphatic rings. The molecule has 0 nitrogen and oxygen atoms in total. The van der Waals surface area contributed by atoms with Gasteiger partial charge in [-0.25, -0.2) is 0 Å². The molecule has 0 heterocycles. The largest absolute Gasteiger partial charge is 0.0654 e. The molecule has 0 radical (unpaired) electrons. The van der Waals surface area contributed by atoms with E-state index in [0.29, 0.717) is 0 Å². The lowest BCUT2D eigenvalue weighted by molar-refractivity contribution is 0.376. The van der Waals surface area contributed by atoms with E-state index in [1.165, 1.54) is 173 Å². The van der Waals surface area contributed by atoms with Crippen molar-refractivity contribution in [2.75, 3.05) is 0 Å². The molecule has 0 rings (SSSR count). The second kappa shape index (κ2) is 28.0. The highest BCUT2D eigenvalue weighted by Crippen LogP contribution is 2.23. The van der Waals surface area contributed by atoms with Gasteiger partial charge in [0.1, 0.15) is 0 Å². The molecule has 0 N–H and O–H groups in total. The SMILES string of the molecule is CCCCCCCCCCCCCCCCC(CCC)CCCCCCCCCCC. The first kappa shape index (κ1) is 31.0. The van der Waals surface area contributed by atoms with Crippen molar-refractivity contribution < 1.29 is 0 Å². The van der Waals surface area contributed by atoms with Gasteiger partial charge < -0.3 is 0 Å². The maximum Gasteiger partial charge on any atom is -0.0414 e. The van der Waals surface area contributed by atoms with E-state index < -0.39 is 0 Å². The monoisotopic (exact) mass is 437 g/mol. The Morgan fingerprint density at radius 1 is 0.258 bits per heavy atom. The molecule has 0 amide bonds. The second-order valence-corrected chi connectivity index (χ2v) is 10.7. The Morgan fingerprint density at radius 2 is 0.516 bits per heavy atom. The average Bonchev–Trinajstić information content (AvgIpc) is 2.78. The first-order valence-electron chi connectivity index (χ1n) is 15.3. The van der Waals surface area contributed by atoms with Crippen LogP contribution in [0.15, 0.2) is 0 Å². The molecule has 0 heteroatoms. The van der Waals surface area contributed by atoms with Crippen LogP contribution >= 0.6 is 0 Å². The van der Waals surface area contributed by atoms with Gasteiger partial charge in [0.2, 0.25) is 0 Å². The summed E-state index contributed by atoms with van der Waals surface area (Å²) < 4.78 is 0. The van der Waals surface area contributed by atoms with Crippen LogP contribution in [-0.2, 0) is 0 Å². The van der Waals surface area contributed by atoms with Crippen LogP contribution in [0.25, 0.3) is 0 Å². The van der Waals surface area contributed by atoms with Crippen molar-refractivity contribution in [3.05, 3.63) is 0 Å². The molecule has 1 unspecified atom stereocenters. The van der Waals surface area contributed by atoms with Crippen LogP contribution < -0.4 is 0 Å². The van der Waals surface area contributed by atoms with Gasteiger partial charge in [0, 0.05) is 0 Å². The van der Waals surface area contributed by atoms with Crippen molar-refractivity contribution in [2.45, 2.75) is 194 Å². The predicted octanol–water partition coefficient (Wildman–Crippen LogP) is 12.2. The molecular formula is C31H64. The van der Waals surface area contributed by atoms with Gasteiger partial charge in [-0.05, 0) is 5.92 Å². The summed E-state index contributed by atoms with van der Waals surface area (Å²) >= 11 is 0. The van der Waals surface area contributed by atoms with Crippen LogP contribution in [0.1, 0.15) is 194 Å². The fourth-order valence-electron chi connectivity index (χ4n) is 5.21. The van der Waals surface area contributed by atoms with Crippen molar-refractivity contribution in [1.29, 1.82) is 0 Å². The van der Waals surface area contributed by atoms with Crippen LogP contribution in [0.4, 0.5) is 0 Å². The van der Waals surface area contributed by atoms with E-state index in [1.54, 1.807) is 0 Å². The molecule has 0 aromatic heterocycles. The fourth-order valence-corrected chi connectivity index (χ4v) is 5.21. The first-order valence-corrected chi connectivity index (χ1v) is 15.3. The lowest BCUT2D eigenvalue weighted by atomic mass is 9.90. The van der Waals surface area contributed by atoms with Crippen molar-refractivity contribution in [1.82, 2.24) is 0 Å². The van der Waals surface area contributed by atoms with Gasteiger partial charge in [-0.3, -0.25) is 0 Å². The number of unbranched alkanes of at least 4 members (excludes halogenated alkanes) is 21. The fraction of sp³-hybridized carbons (Fsp3) is 1.00. The van der Waals surface area contributed by atoms with E-state index in [2.05, 4.69) is 20.8 Å². The maximum atomic E-state index is 2.38. The summed E-state index contributed by atoms with van der Waals surface area (Å²) in [6.45, 7) is 7.00. The number of rotatable bonds is 27. The second-order valence-electron chi connectivity index (χ2n) is 10.7. The molecule has 0 aromatic carbocycles. The minimum Gasteiger partial charge on any atom is -0.0654 e. The van der Waals surface area contributed by atoms with Gasteiger partial charge >= 0.3 is 0 Å². The molecule has 0 aliphatic heterocycles. The van der Waals surface area contributed by atoms with Crippen LogP contribution in [0.3, 0.4) is 0 Å². The molecule has 0 saturated heterocycles. The van der Waals surface area contributed by atoms with Crippen molar-refractivity contribution in [3.63, 3.8) is 0 Å². The van der Waals surface area contributed by atoms with Gasteiger partial charge in [-0.15, -0.1) is 0 Å². The number of hydrogen-bond donors (Lipinski definition) is 0. The van der Waals surface area contributed by atoms with E-state index in [4.69, 9.17) is 0 Å². The minimum absolute atomic E-state index is 1.03. The summed E-state index contributed by atoms with van der Waals surface area (Å²) in [6, 6.07) is 0. The normalized spacial score (nSPS) is 12.5. The van der Waals surface area contributed by atoms with Crippen molar-refractivity contribution in [3.8, 4) is 0 Å². The average molecular weight is 437 g/mol. The molecule has 188 valence electrons. The zero-order valence-corrected chi connectivity index (χ0v) is 22.7. The Hall–Kier alpha value is 0. The summed E-state index contributed by atoms with van der Waals surface area (Å²) in [5, 5.41) is 0. The third-order valence-electron chi connectivity index (χ3n) is 7.38.